The van der Waals surface area contributed by atoms with E-state index in [1.54, 1.807) is 0 Å². The second-order valence-corrected chi connectivity index (χ2v) is 7.51. The van der Waals surface area contributed by atoms with Crippen LogP contribution in [0.2, 0.25) is 5.02 Å². The first-order valence-electron chi connectivity index (χ1n) is 7.15. The molecule has 2 aromatic rings. The molecule has 150 valence electrons. The Morgan fingerprint density at radius 1 is 1.21 bits per heavy atom. The van der Waals surface area contributed by atoms with Crippen LogP contribution in [0.1, 0.15) is 15.9 Å². The van der Waals surface area contributed by atoms with Gasteiger partial charge in [-0.1, -0.05) is 28.2 Å². The van der Waals surface area contributed by atoms with Crippen LogP contribution in [0, 0.1) is 10.1 Å². The Balaban J connectivity index is 2.47. The van der Waals surface area contributed by atoms with Crippen molar-refractivity contribution in [2.24, 2.45) is 0 Å². The number of nitrogens with zero attached hydrogens (tertiary/aromatic N) is 2. The number of amides is 1. The molecule has 0 radical (unpaired) electrons. The topological polar surface area (TPSA) is 107 Å². The minimum absolute atomic E-state index is 0.191. The van der Waals surface area contributed by atoms with Gasteiger partial charge in [0.05, 0.1) is 21.8 Å². The van der Waals surface area contributed by atoms with Crippen molar-refractivity contribution < 1.29 is 36.1 Å². The molecule has 0 aliphatic carbocycles. The standard InChI is InChI=1S/C15H10ClF3N2O6S/c1-28(25,26)21(14(22)10-4-2-3-5-12(10)20(23)24)27-13-7-6-9(8-11(13)16)15(17,18)19/h2-8H,1H3. The molecule has 13 heteroatoms. The maximum Gasteiger partial charge on any atom is 0.416 e. The second-order valence-electron chi connectivity index (χ2n) is 5.30. The van der Waals surface area contributed by atoms with Gasteiger partial charge in [0, 0.05) is 6.07 Å². The normalized spacial score (nSPS) is 11.8. The van der Waals surface area contributed by atoms with Gasteiger partial charge < -0.3 is 4.84 Å². The number of hydrogen-bond acceptors (Lipinski definition) is 6. The summed E-state index contributed by atoms with van der Waals surface area (Å²) in [7, 11) is -4.45. The fourth-order valence-electron chi connectivity index (χ4n) is 2.01. The number of halogens is 4. The van der Waals surface area contributed by atoms with Crippen molar-refractivity contribution in [3.63, 3.8) is 0 Å². The Morgan fingerprint density at radius 2 is 1.82 bits per heavy atom. The summed E-state index contributed by atoms with van der Waals surface area (Å²) in [4.78, 5) is 27.6. The molecule has 2 aromatic carbocycles. The molecule has 28 heavy (non-hydrogen) atoms. The SMILES string of the molecule is CS(=O)(=O)N(Oc1ccc(C(F)(F)F)cc1Cl)C(=O)c1ccccc1[N+](=O)[O-]. The van der Waals surface area contributed by atoms with E-state index in [2.05, 4.69) is 0 Å². The van der Waals surface area contributed by atoms with Crippen molar-refractivity contribution in [1.29, 1.82) is 0 Å². The van der Waals surface area contributed by atoms with E-state index >= 15 is 0 Å². The number of hydroxylamine groups is 1. The maximum absolute atomic E-state index is 12.7. The Kier molecular flexibility index (Phi) is 5.85. The highest BCUT2D eigenvalue weighted by molar-refractivity contribution is 7.88. The van der Waals surface area contributed by atoms with Crippen LogP contribution in [0.25, 0.3) is 0 Å². The van der Waals surface area contributed by atoms with Gasteiger partial charge in [-0.3, -0.25) is 14.9 Å². The van der Waals surface area contributed by atoms with E-state index in [4.69, 9.17) is 16.4 Å². The molecule has 0 aliphatic heterocycles. The molecule has 0 saturated carbocycles. The highest BCUT2D eigenvalue weighted by atomic mass is 35.5. The van der Waals surface area contributed by atoms with Gasteiger partial charge in [0.15, 0.2) is 5.75 Å². The number of carbonyl (C=O) groups is 1. The van der Waals surface area contributed by atoms with Crippen LogP contribution in [-0.4, -0.2) is 30.0 Å². The Hall–Kier alpha value is -2.86. The van der Waals surface area contributed by atoms with Gasteiger partial charge in [-0.05, 0) is 24.3 Å². The molecule has 0 N–H and O–H groups in total. The predicted molar refractivity (Wildman–Crippen MR) is 91.2 cm³/mol. The lowest BCUT2D eigenvalue weighted by Crippen LogP contribution is -2.39. The van der Waals surface area contributed by atoms with E-state index in [0.29, 0.717) is 18.4 Å². The summed E-state index contributed by atoms with van der Waals surface area (Å²) >= 11 is 5.70. The average molecular weight is 439 g/mol. The van der Waals surface area contributed by atoms with Crippen molar-refractivity contribution in [3.8, 4) is 5.75 Å². The second kappa shape index (κ2) is 7.64. The first-order valence-corrected chi connectivity index (χ1v) is 9.37. The zero-order valence-electron chi connectivity index (χ0n) is 13.8. The molecule has 0 spiro atoms. The van der Waals surface area contributed by atoms with E-state index in [1.165, 1.54) is 12.1 Å². The Labute approximate surface area is 161 Å². The third kappa shape index (κ3) is 4.70. The van der Waals surface area contributed by atoms with Crippen LogP contribution in [0.4, 0.5) is 18.9 Å². The smallest absolute Gasteiger partial charge is 0.360 e. The van der Waals surface area contributed by atoms with Gasteiger partial charge in [0.1, 0.15) is 5.56 Å². The summed E-state index contributed by atoms with van der Waals surface area (Å²) in [5.74, 6) is -2.00. The molecule has 0 bridgehead atoms. The predicted octanol–water partition coefficient (Wildman–Crippen LogP) is 3.66. The molecule has 0 aromatic heterocycles. The number of hydrogen-bond donors (Lipinski definition) is 0. The summed E-state index contributed by atoms with van der Waals surface area (Å²) in [6, 6.07) is 6.24. The van der Waals surface area contributed by atoms with E-state index in [1.807, 2.05) is 0 Å². The van der Waals surface area contributed by atoms with Gasteiger partial charge in [0.2, 0.25) is 0 Å². The molecule has 0 fully saturated rings. The van der Waals surface area contributed by atoms with Crippen molar-refractivity contribution in [3.05, 3.63) is 68.7 Å². The molecule has 0 heterocycles. The van der Waals surface area contributed by atoms with Crippen LogP contribution in [0.5, 0.6) is 5.75 Å². The van der Waals surface area contributed by atoms with Crippen molar-refractivity contribution in [2.45, 2.75) is 6.18 Å². The minimum Gasteiger partial charge on any atom is -0.360 e. The van der Waals surface area contributed by atoms with Crippen LogP contribution in [0.15, 0.2) is 42.5 Å². The minimum atomic E-state index is -4.71. The molecule has 0 saturated heterocycles. The molecular weight excluding hydrogens is 429 g/mol. The lowest BCUT2D eigenvalue weighted by molar-refractivity contribution is -0.385. The first kappa shape index (κ1) is 21.4. The van der Waals surface area contributed by atoms with E-state index in [-0.39, 0.29) is 4.47 Å². The summed E-state index contributed by atoms with van der Waals surface area (Å²) in [6.07, 6.45) is -4.14. The van der Waals surface area contributed by atoms with Crippen LogP contribution < -0.4 is 4.84 Å². The fraction of sp³-hybridized carbons (Fsp3) is 0.133. The van der Waals surface area contributed by atoms with Crippen LogP contribution in [-0.2, 0) is 16.2 Å². The van der Waals surface area contributed by atoms with Gasteiger partial charge >= 0.3 is 12.1 Å². The van der Waals surface area contributed by atoms with Crippen molar-refractivity contribution in [1.82, 2.24) is 4.47 Å². The largest absolute Gasteiger partial charge is 0.416 e. The molecule has 0 atom stereocenters. The fourth-order valence-corrected chi connectivity index (χ4v) is 2.84. The van der Waals surface area contributed by atoms with E-state index < -0.39 is 54.6 Å². The quantitative estimate of drug-likeness (QED) is 0.521. The Morgan fingerprint density at radius 3 is 2.32 bits per heavy atom. The summed E-state index contributed by atoms with van der Waals surface area (Å²) in [5.41, 5.74) is -2.43. The van der Waals surface area contributed by atoms with Gasteiger partial charge in [-0.2, -0.15) is 13.2 Å². The monoisotopic (exact) mass is 438 g/mol. The third-order valence-corrected chi connectivity index (χ3v) is 4.38. The van der Waals surface area contributed by atoms with Crippen LogP contribution >= 0.6 is 11.6 Å². The van der Waals surface area contributed by atoms with Crippen molar-refractivity contribution >= 4 is 33.2 Å². The number of nitro benzene ring substituents is 1. The highest BCUT2D eigenvalue weighted by Crippen LogP contribution is 2.35. The molecular formula is C15H10ClF3N2O6S. The first-order chi connectivity index (χ1) is 12.8. The maximum atomic E-state index is 12.7. The van der Waals surface area contributed by atoms with Crippen LogP contribution in [0.3, 0.4) is 0 Å². The summed E-state index contributed by atoms with van der Waals surface area (Å²) in [5, 5.41) is 10.4. The highest BCUT2D eigenvalue weighted by Gasteiger charge is 2.34. The lowest BCUT2D eigenvalue weighted by Gasteiger charge is -2.21. The zero-order chi connectivity index (χ0) is 21.3. The van der Waals surface area contributed by atoms with E-state index in [0.717, 1.165) is 18.2 Å². The molecule has 0 unspecified atom stereocenters. The summed E-state index contributed by atoms with van der Waals surface area (Å²) < 4.78 is 61.8. The lowest BCUT2D eigenvalue weighted by atomic mass is 10.2. The van der Waals surface area contributed by atoms with Gasteiger partial charge in [-0.15, -0.1) is 0 Å². The van der Waals surface area contributed by atoms with Gasteiger partial charge in [-0.25, -0.2) is 8.42 Å². The Bertz CT molecular complexity index is 1040. The third-order valence-electron chi connectivity index (χ3n) is 3.24. The molecule has 8 nitrogen and oxygen atoms in total. The number of para-hydroxylation sites is 1. The number of alkyl halides is 3. The number of carbonyl (C=O) groups excluding carboxylic acids is 1. The number of sulfonamides is 1. The average Bonchev–Trinajstić information content (AvgIpc) is 2.58. The summed E-state index contributed by atoms with van der Waals surface area (Å²) in [6.45, 7) is 0. The number of benzene rings is 2. The molecule has 2 rings (SSSR count). The number of rotatable bonds is 5. The number of nitro groups is 1. The molecule has 0 aliphatic rings. The molecule has 1 amide bonds. The van der Waals surface area contributed by atoms with Crippen molar-refractivity contribution in [2.75, 3.05) is 6.26 Å². The van der Waals surface area contributed by atoms with E-state index in [9.17, 15) is 36.5 Å². The zero-order valence-corrected chi connectivity index (χ0v) is 15.4. The van der Waals surface area contributed by atoms with Gasteiger partial charge in [0.25, 0.3) is 15.7 Å².